The van der Waals surface area contributed by atoms with Crippen molar-refractivity contribution in [3.63, 3.8) is 0 Å². The van der Waals surface area contributed by atoms with Crippen molar-refractivity contribution in [2.24, 2.45) is 0 Å². The zero-order valence-electron chi connectivity index (χ0n) is 26.4. The Balaban J connectivity index is 2.43. The number of anilines is 2. The van der Waals surface area contributed by atoms with Gasteiger partial charge in [-0.25, -0.2) is 14.6 Å². The third kappa shape index (κ3) is 12.0. The summed E-state index contributed by atoms with van der Waals surface area (Å²) in [6.07, 6.45) is -2.52. The first kappa shape index (κ1) is 36.3. The largest absolute Gasteiger partial charge is 0.471 e. The van der Waals surface area contributed by atoms with Gasteiger partial charge in [-0.1, -0.05) is 25.7 Å². The summed E-state index contributed by atoms with van der Waals surface area (Å²) < 4.78 is 57.1. The fraction of sp³-hybridized carbons (Fsp3) is 0.517. The van der Waals surface area contributed by atoms with Crippen LogP contribution in [0.15, 0.2) is 30.5 Å². The molecule has 244 valence electrons. The lowest BCUT2D eigenvalue weighted by Gasteiger charge is -2.18. The van der Waals surface area contributed by atoms with E-state index in [4.69, 9.17) is 14.5 Å². The number of allylic oxidation sites excluding steroid dienone is 1. The van der Waals surface area contributed by atoms with Crippen LogP contribution in [0.3, 0.4) is 0 Å². The van der Waals surface area contributed by atoms with E-state index >= 15 is 0 Å². The number of benzene rings is 1. The second kappa shape index (κ2) is 15.2. The Morgan fingerprint density at radius 2 is 1.75 bits per heavy atom. The van der Waals surface area contributed by atoms with E-state index in [1.165, 1.54) is 24.4 Å². The standard InChI is InChI=1S/C29H42F3N5O6Si/c1-19-24(21-13-12-20(34-27(40)41-5)17-22(21)35-25(38)29(30,31)32)36-23(37(19)18-42-15-16-44(6,7)8)11-9-10-14-33-26(39)43-28(2,3)4/h10,12-14,17H,9,11,15-16,18H2,1-8H3,(H,33,39)(H,34,40)(H,35,38). The summed E-state index contributed by atoms with van der Waals surface area (Å²) in [6.45, 7) is 14.4. The van der Waals surface area contributed by atoms with E-state index in [-0.39, 0.29) is 23.7 Å². The van der Waals surface area contributed by atoms with Crippen molar-refractivity contribution >= 4 is 37.5 Å². The molecule has 0 saturated carbocycles. The molecule has 0 fully saturated rings. The molecule has 0 bridgehead atoms. The molecule has 2 rings (SSSR count). The quantitative estimate of drug-likeness (QED) is 0.171. The Bertz CT molecular complexity index is 1350. The van der Waals surface area contributed by atoms with Crippen LogP contribution < -0.4 is 16.0 Å². The summed E-state index contributed by atoms with van der Waals surface area (Å²) in [5.41, 5.74) is 0.388. The number of alkyl halides is 3. The molecule has 0 aliphatic heterocycles. The average Bonchev–Trinajstić information content (AvgIpc) is 3.19. The number of hydrogen-bond donors (Lipinski definition) is 3. The third-order valence-corrected chi connectivity index (χ3v) is 7.69. The summed E-state index contributed by atoms with van der Waals surface area (Å²) in [5, 5.41) is 6.81. The van der Waals surface area contributed by atoms with Crippen molar-refractivity contribution in [2.45, 2.75) is 84.7 Å². The molecule has 44 heavy (non-hydrogen) atoms. The molecule has 0 aliphatic rings. The molecule has 1 aromatic carbocycles. The second-order valence-electron chi connectivity index (χ2n) is 12.2. The number of rotatable bonds is 12. The van der Waals surface area contributed by atoms with Crippen LogP contribution in [0, 0.1) is 6.92 Å². The van der Waals surface area contributed by atoms with Gasteiger partial charge in [0.1, 0.15) is 18.2 Å². The maximum absolute atomic E-state index is 13.2. The Morgan fingerprint density at radius 3 is 2.34 bits per heavy atom. The van der Waals surface area contributed by atoms with Crippen LogP contribution >= 0.6 is 0 Å². The van der Waals surface area contributed by atoms with Crippen LogP contribution in [0.25, 0.3) is 11.3 Å². The predicted octanol–water partition coefficient (Wildman–Crippen LogP) is 6.82. The zero-order valence-corrected chi connectivity index (χ0v) is 27.4. The topological polar surface area (TPSA) is 133 Å². The predicted molar refractivity (Wildman–Crippen MR) is 164 cm³/mol. The van der Waals surface area contributed by atoms with Crippen LogP contribution in [-0.4, -0.2) is 61.2 Å². The average molecular weight is 642 g/mol. The van der Waals surface area contributed by atoms with Gasteiger partial charge in [0.15, 0.2) is 0 Å². The molecule has 1 aromatic heterocycles. The maximum Gasteiger partial charge on any atom is 0.471 e. The van der Waals surface area contributed by atoms with E-state index in [2.05, 4.69) is 35.0 Å². The Kier molecular flexibility index (Phi) is 12.6. The van der Waals surface area contributed by atoms with Gasteiger partial charge >= 0.3 is 24.3 Å². The first-order valence-corrected chi connectivity index (χ1v) is 17.7. The van der Waals surface area contributed by atoms with Gasteiger partial charge in [0.05, 0.1) is 18.5 Å². The van der Waals surface area contributed by atoms with Gasteiger partial charge in [0, 0.05) is 44.2 Å². The molecule has 15 heteroatoms. The Labute approximate surface area is 256 Å². The summed E-state index contributed by atoms with van der Waals surface area (Å²) >= 11 is 0. The van der Waals surface area contributed by atoms with Crippen molar-refractivity contribution in [3.05, 3.63) is 42.0 Å². The fourth-order valence-corrected chi connectivity index (χ4v) is 4.52. The molecule has 1 heterocycles. The number of imidazole rings is 1. The highest BCUT2D eigenvalue weighted by Crippen LogP contribution is 2.34. The van der Waals surface area contributed by atoms with E-state index < -0.39 is 37.9 Å². The summed E-state index contributed by atoms with van der Waals surface area (Å²) in [4.78, 5) is 40.2. The molecular weight excluding hydrogens is 599 g/mol. The number of ether oxygens (including phenoxy) is 3. The minimum atomic E-state index is -5.15. The number of nitrogens with zero attached hydrogens (tertiary/aromatic N) is 2. The Hall–Kier alpha value is -3.85. The summed E-state index contributed by atoms with van der Waals surface area (Å²) in [7, 11) is -0.217. The van der Waals surface area contributed by atoms with Crippen molar-refractivity contribution in [1.82, 2.24) is 14.9 Å². The molecule has 2 aromatic rings. The van der Waals surface area contributed by atoms with Crippen LogP contribution in [0.4, 0.5) is 34.1 Å². The SMILES string of the molecule is COC(=O)Nc1ccc(-c2nc(CCC=CNC(=O)OC(C)(C)C)n(COCC[Si](C)(C)C)c2C)c(NC(=O)C(F)(F)F)c1. The number of halogens is 3. The number of hydrogen-bond acceptors (Lipinski definition) is 7. The number of aromatic nitrogens is 2. The van der Waals surface area contributed by atoms with Gasteiger partial charge in [0.2, 0.25) is 0 Å². The van der Waals surface area contributed by atoms with Gasteiger partial charge in [-0.2, -0.15) is 13.2 Å². The highest BCUT2D eigenvalue weighted by molar-refractivity contribution is 6.76. The van der Waals surface area contributed by atoms with Gasteiger partial charge in [-0.05, 0) is 58.4 Å². The van der Waals surface area contributed by atoms with Gasteiger partial charge in [-0.3, -0.25) is 15.4 Å². The number of nitrogens with one attached hydrogen (secondary N) is 3. The molecule has 0 spiro atoms. The first-order chi connectivity index (χ1) is 20.3. The highest BCUT2D eigenvalue weighted by Gasteiger charge is 2.39. The molecule has 0 unspecified atom stereocenters. The van der Waals surface area contributed by atoms with Crippen molar-refractivity contribution in [1.29, 1.82) is 0 Å². The van der Waals surface area contributed by atoms with Gasteiger partial charge < -0.3 is 24.1 Å². The third-order valence-electron chi connectivity index (χ3n) is 5.98. The van der Waals surface area contributed by atoms with Crippen molar-refractivity contribution in [2.75, 3.05) is 24.4 Å². The molecule has 0 atom stereocenters. The summed E-state index contributed by atoms with van der Waals surface area (Å²) in [5.74, 6) is -1.60. The van der Waals surface area contributed by atoms with E-state index in [9.17, 15) is 27.6 Å². The smallest absolute Gasteiger partial charge is 0.453 e. The van der Waals surface area contributed by atoms with E-state index in [0.717, 1.165) is 13.2 Å². The van der Waals surface area contributed by atoms with E-state index in [1.54, 1.807) is 33.8 Å². The molecule has 3 amide bonds. The zero-order chi connectivity index (χ0) is 33.3. The minimum absolute atomic E-state index is 0.104. The fourth-order valence-electron chi connectivity index (χ4n) is 3.77. The lowest BCUT2D eigenvalue weighted by atomic mass is 10.1. The number of methoxy groups -OCH3 is 1. The minimum Gasteiger partial charge on any atom is -0.453 e. The van der Waals surface area contributed by atoms with Crippen molar-refractivity contribution < 1.29 is 41.8 Å². The monoisotopic (exact) mass is 641 g/mol. The lowest BCUT2D eigenvalue weighted by Crippen LogP contribution is -2.30. The van der Waals surface area contributed by atoms with Gasteiger partial charge in [-0.15, -0.1) is 0 Å². The van der Waals surface area contributed by atoms with E-state index in [1.807, 2.05) is 9.88 Å². The number of alkyl carbamates (subject to hydrolysis) is 1. The lowest BCUT2D eigenvalue weighted by molar-refractivity contribution is -0.167. The molecule has 3 N–H and O–H groups in total. The Morgan fingerprint density at radius 1 is 1.07 bits per heavy atom. The molecule has 0 radical (unpaired) electrons. The highest BCUT2D eigenvalue weighted by atomic mass is 28.3. The van der Waals surface area contributed by atoms with Crippen LogP contribution in [0.2, 0.25) is 25.7 Å². The normalized spacial score (nSPS) is 12.2. The van der Waals surface area contributed by atoms with Gasteiger partial charge in [0.25, 0.3) is 0 Å². The second-order valence-corrected chi connectivity index (χ2v) is 17.8. The number of carbonyl (C=O) groups excluding carboxylic acids is 3. The number of aryl methyl sites for hydroxylation is 1. The molecular formula is C29H42F3N5O6Si. The molecule has 0 aliphatic carbocycles. The summed E-state index contributed by atoms with van der Waals surface area (Å²) in [6, 6.07) is 5.05. The van der Waals surface area contributed by atoms with Crippen molar-refractivity contribution in [3.8, 4) is 11.3 Å². The number of amides is 3. The maximum atomic E-state index is 13.2. The van der Waals surface area contributed by atoms with Crippen LogP contribution in [0.5, 0.6) is 0 Å². The van der Waals surface area contributed by atoms with Crippen LogP contribution in [0.1, 0.15) is 38.7 Å². The first-order valence-electron chi connectivity index (χ1n) is 14.0. The van der Waals surface area contributed by atoms with E-state index in [0.29, 0.717) is 36.7 Å². The number of carbonyl (C=O) groups is 3. The van der Waals surface area contributed by atoms with Crippen LogP contribution in [-0.2, 0) is 32.2 Å². The molecule has 0 saturated heterocycles. The molecule has 11 nitrogen and oxygen atoms in total.